The topological polar surface area (TPSA) is 33.7 Å². The monoisotopic (exact) mass is 214 g/mol. The summed E-state index contributed by atoms with van der Waals surface area (Å²) in [5.41, 5.74) is 0. The lowest BCUT2D eigenvalue weighted by atomic mass is 10.2. The van der Waals surface area contributed by atoms with Crippen molar-refractivity contribution in [3.8, 4) is 0 Å². The molecule has 0 saturated carbocycles. The van der Waals surface area contributed by atoms with Crippen LogP contribution in [0.15, 0.2) is 0 Å². The van der Waals surface area contributed by atoms with Gasteiger partial charge in [-0.15, -0.1) is 0 Å². The third kappa shape index (κ3) is 3.41. The van der Waals surface area contributed by atoms with E-state index in [1.807, 2.05) is 0 Å². The van der Waals surface area contributed by atoms with E-state index in [9.17, 15) is 0 Å². The predicted molar refractivity (Wildman–Crippen MR) is 59.1 cm³/mol. The number of nitrogens with zero attached hydrogens (tertiary/aromatic N) is 1. The summed E-state index contributed by atoms with van der Waals surface area (Å²) in [6.07, 6.45) is 1.17. The Hall–Kier alpha value is -0.160. The Balaban J connectivity index is 1.59. The molecule has 2 unspecified atom stereocenters. The number of ether oxygens (including phenoxy) is 2. The summed E-state index contributed by atoms with van der Waals surface area (Å²) in [4.78, 5) is 2.49. The first-order chi connectivity index (χ1) is 7.36. The first-order valence-corrected chi connectivity index (χ1v) is 5.99. The minimum absolute atomic E-state index is 0.570. The lowest BCUT2D eigenvalue weighted by Gasteiger charge is -2.33. The molecular weight excluding hydrogens is 192 g/mol. The van der Waals surface area contributed by atoms with Crippen LogP contribution in [0.2, 0.25) is 0 Å². The van der Waals surface area contributed by atoms with Gasteiger partial charge < -0.3 is 14.8 Å². The SMILES string of the molecule is CC1COCCN1CCNC1CCOC1. The molecule has 2 rings (SSSR count). The predicted octanol–water partition coefficient (Wildman–Crippen LogP) is 0.0856. The van der Waals surface area contributed by atoms with Crippen molar-refractivity contribution in [2.45, 2.75) is 25.4 Å². The average molecular weight is 214 g/mol. The first-order valence-electron chi connectivity index (χ1n) is 5.99. The number of nitrogens with one attached hydrogen (secondary N) is 1. The summed E-state index contributed by atoms with van der Waals surface area (Å²) in [5, 5.41) is 3.54. The van der Waals surface area contributed by atoms with Gasteiger partial charge in [-0.3, -0.25) is 4.90 Å². The van der Waals surface area contributed by atoms with Crippen molar-refractivity contribution in [2.75, 3.05) is 46.1 Å². The van der Waals surface area contributed by atoms with E-state index in [-0.39, 0.29) is 0 Å². The van der Waals surface area contributed by atoms with Gasteiger partial charge in [-0.25, -0.2) is 0 Å². The highest BCUT2D eigenvalue weighted by molar-refractivity contribution is 4.75. The molecule has 2 atom stereocenters. The third-order valence-electron chi connectivity index (χ3n) is 3.27. The van der Waals surface area contributed by atoms with Crippen molar-refractivity contribution >= 4 is 0 Å². The second-order valence-corrected chi connectivity index (χ2v) is 4.47. The molecule has 0 amide bonds. The summed E-state index contributed by atoms with van der Waals surface area (Å²) in [6, 6.07) is 1.15. The van der Waals surface area contributed by atoms with Gasteiger partial charge in [-0.05, 0) is 13.3 Å². The van der Waals surface area contributed by atoms with Crippen molar-refractivity contribution in [1.82, 2.24) is 10.2 Å². The number of morpholine rings is 1. The van der Waals surface area contributed by atoms with Crippen molar-refractivity contribution in [1.29, 1.82) is 0 Å². The lowest BCUT2D eigenvalue weighted by Crippen LogP contribution is -2.47. The molecular formula is C11H22N2O2. The van der Waals surface area contributed by atoms with Crippen LogP contribution >= 0.6 is 0 Å². The van der Waals surface area contributed by atoms with Gasteiger partial charge in [0.25, 0.3) is 0 Å². The first kappa shape index (κ1) is 11.3. The van der Waals surface area contributed by atoms with E-state index in [1.54, 1.807) is 0 Å². The summed E-state index contributed by atoms with van der Waals surface area (Å²) in [5.74, 6) is 0. The van der Waals surface area contributed by atoms with E-state index in [4.69, 9.17) is 9.47 Å². The fraction of sp³-hybridized carbons (Fsp3) is 1.00. The van der Waals surface area contributed by atoms with Gasteiger partial charge >= 0.3 is 0 Å². The lowest BCUT2D eigenvalue weighted by molar-refractivity contribution is 0.000134. The minimum atomic E-state index is 0.570. The summed E-state index contributed by atoms with van der Waals surface area (Å²) >= 11 is 0. The highest BCUT2D eigenvalue weighted by atomic mass is 16.5. The molecule has 1 N–H and O–H groups in total. The van der Waals surface area contributed by atoms with Crippen LogP contribution in [0.25, 0.3) is 0 Å². The van der Waals surface area contributed by atoms with E-state index >= 15 is 0 Å². The number of rotatable bonds is 4. The molecule has 0 aromatic rings. The molecule has 0 aromatic carbocycles. The van der Waals surface area contributed by atoms with E-state index < -0.39 is 0 Å². The smallest absolute Gasteiger partial charge is 0.0620 e. The van der Waals surface area contributed by atoms with Crippen LogP contribution in [-0.4, -0.2) is 63.0 Å². The van der Waals surface area contributed by atoms with Gasteiger partial charge in [-0.2, -0.15) is 0 Å². The van der Waals surface area contributed by atoms with Crippen LogP contribution < -0.4 is 5.32 Å². The molecule has 2 saturated heterocycles. The fourth-order valence-electron chi connectivity index (χ4n) is 2.20. The molecule has 88 valence electrons. The van der Waals surface area contributed by atoms with Crippen molar-refractivity contribution < 1.29 is 9.47 Å². The van der Waals surface area contributed by atoms with Crippen molar-refractivity contribution in [3.63, 3.8) is 0 Å². The van der Waals surface area contributed by atoms with Crippen LogP contribution in [0, 0.1) is 0 Å². The zero-order chi connectivity index (χ0) is 10.5. The van der Waals surface area contributed by atoms with Gasteiger partial charge in [-0.1, -0.05) is 0 Å². The Bertz CT molecular complexity index is 183. The second-order valence-electron chi connectivity index (χ2n) is 4.47. The number of hydrogen-bond acceptors (Lipinski definition) is 4. The van der Waals surface area contributed by atoms with Crippen LogP contribution in [0.4, 0.5) is 0 Å². The maximum absolute atomic E-state index is 5.41. The van der Waals surface area contributed by atoms with Crippen LogP contribution in [0.5, 0.6) is 0 Å². The molecule has 0 aliphatic carbocycles. The molecule has 0 radical (unpaired) electrons. The molecule has 2 heterocycles. The standard InChI is InChI=1S/C11H22N2O2/c1-10-8-15-7-5-13(10)4-3-12-11-2-6-14-9-11/h10-12H,2-9H2,1H3. The largest absolute Gasteiger partial charge is 0.380 e. The Kier molecular flexibility index (Phi) is 4.38. The van der Waals surface area contributed by atoms with Crippen molar-refractivity contribution in [2.24, 2.45) is 0 Å². The Morgan fingerprint density at radius 2 is 2.13 bits per heavy atom. The Morgan fingerprint density at radius 1 is 1.27 bits per heavy atom. The van der Waals surface area contributed by atoms with Gasteiger partial charge in [0.2, 0.25) is 0 Å². The van der Waals surface area contributed by atoms with Gasteiger partial charge in [0, 0.05) is 38.3 Å². The fourth-order valence-corrected chi connectivity index (χ4v) is 2.20. The van der Waals surface area contributed by atoms with E-state index in [1.165, 1.54) is 6.42 Å². The maximum atomic E-state index is 5.41. The Morgan fingerprint density at radius 3 is 2.87 bits per heavy atom. The highest BCUT2D eigenvalue weighted by Crippen LogP contribution is 2.06. The van der Waals surface area contributed by atoms with Crippen LogP contribution in [-0.2, 0) is 9.47 Å². The van der Waals surface area contributed by atoms with Crippen LogP contribution in [0.3, 0.4) is 0 Å². The average Bonchev–Trinajstić information content (AvgIpc) is 2.74. The molecule has 0 spiro atoms. The normalized spacial score (nSPS) is 33.4. The maximum Gasteiger partial charge on any atom is 0.0620 e. The summed E-state index contributed by atoms with van der Waals surface area (Å²) in [6.45, 7) is 9.08. The van der Waals surface area contributed by atoms with E-state index in [0.717, 1.165) is 46.1 Å². The molecule has 4 heteroatoms. The zero-order valence-electron chi connectivity index (χ0n) is 9.58. The molecule has 15 heavy (non-hydrogen) atoms. The molecule has 0 bridgehead atoms. The molecule has 4 nitrogen and oxygen atoms in total. The second kappa shape index (κ2) is 5.80. The summed E-state index contributed by atoms with van der Waals surface area (Å²) in [7, 11) is 0. The highest BCUT2D eigenvalue weighted by Gasteiger charge is 2.19. The minimum Gasteiger partial charge on any atom is -0.380 e. The van der Waals surface area contributed by atoms with Gasteiger partial charge in [0.05, 0.1) is 19.8 Å². The Labute approximate surface area is 91.9 Å². The van der Waals surface area contributed by atoms with Gasteiger partial charge in [0.1, 0.15) is 0 Å². The van der Waals surface area contributed by atoms with Crippen LogP contribution in [0.1, 0.15) is 13.3 Å². The molecule has 0 aromatic heterocycles. The molecule has 2 aliphatic rings. The number of hydrogen-bond donors (Lipinski definition) is 1. The van der Waals surface area contributed by atoms with Gasteiger partial charge in [0.15, 0.2) is 0 Å². The van der Waals surface area contributed by atoms with E-state index in [2.05, 4.69) is 17.1 Å². The van der Waals surface area contributed by atoms with Crippen molar-refractivity contribution in [3.05, 3.63) is 0 Å². The third-order valence-corrected chi connectivity index (χ3v) is 3.27. The molecule has 2 fully saturated rings. The zero-order valence-corrected chi connectivity index (χ0v) is 9.58. The van der Waals surface area contributed by atoms with E-state index in [0.29, 0.717) is 12.1 Å². The molecule has 2 aliphatic heterocycles. The quantitative estimate of drug-likeness (QED) is 0.719. The summed E-state index contributed by atoms with van der Waals surface area (Å²) < 4.78 is 10.7.